The fourth-order valence-corrected chi connectivity index (χ4v) is 2.68. The zero-order valence-corrected chi connectivity index (χ0v) is 12.9. The first-order valence-corrected chi connectivity index (χ1v) is 7.33. The Morgan fingerprint density at radius 2 is 2.00 bits per heavy atom. The number of halogens is 1. The van der Waals surface area contributed by atoms with Crippen LogP contribution in [0.5, 0.6) is 0 Å². The monoisotopic (exact) mass is 336 g/mol. The van der Waals surface area contributed by atoms with Crippen molar-refractivity contribution in [1.82, 2.24) is 10.2 Å². The van der Waals surface area contributed by atoms with Crippen LogP contribution < -0.4 is 5.32 Å². The molecule has 2 atom stereocenters. The highest BCUT2D eigenvalue weighted by atomic mass is 79.9. The molecular weight excluding hydrogens is 320 g/mol. The van der Waals surface area contributed by atoms with Crippen molar-refractivity contribution in [1.29, 1.82) is 0 Å². The molecule has 1 N–H and O–H groups in total. The van der Waals surface area contributed by atoms with Crippen LogP contribution in [0, 0.1) is 0 Å². The Hall–Kier alpha value is -1.62. The van der Waals surface area contributed by atoms with Crippen LogP contribution in [0.25, 0.3) is 0 Å². The van der Waals surface area contributed by atoms with Crippen LogP contribution in [-0.4, -0.2) is 29.3 Å². The molecule has 1 aromatic carbocycles. The number of benzene rings is 1. The number of piperazine rings is 1. The molecule has 0 saturated carbocycles. The Morgan fingerprint density at radius 1 is 1.35 bits per heavy atom. The zero-order valence-electron chi connectivity index (χ0n) is 11.3. The van der Waals surface area contributed by atoms with E-state index in [0.29, 0.717) is 17.4 Å². The van der Waals surface area contributed by atoms with Crippen LogP contribution in [-0.2, 0) is 9.59 Å². The van der Waals surface area contributed by atoms with Crippen molar-refractivity contribution in [2.75, 3.05) is 6.54 Å². The SMILES string of the molecule is C=C(Br)CN1C(=O)C(c2ccccc2)NC(=O)C1CC. The van der Waals surface area contributed by atoms with Crippen LogP contribution in [0.15, 0.2) is 41.4 Å². The lowest BCUT2D eigenvalue weighted by Gasteiger charge is -2.38. The van der Waals surface area contributed by atoms with Gasteiger partial charge in [0.25, 0.3) is 5.91 Å². The molecule has 1 heterocycles. The van der Waals surface area contributed by atoms with Crippen LogP contribution in [0.1, 0.15) is 24.9 Å². The molecule has 0 bridgehead atoms. The van der Waals surface area contributed by atoms with Gasteiger partial charge in [-0.05, 0) is 12.0 Å². The number of carbonyl (C=O) groups excluding carboxylic acids is 2. The van der Waals surface area contributed by atoms with Crippen LogP contribution in [0.3, 0.4) is 0 Å². The molecule has 106 valence electrons. The second kappa shape index (κ2) is 6.22. The van der Waals surface area contributed by atoms with Crippen LogP contribution >= 0.6 is 15.9 Å². The van der Waals surface area contributed by atoms with E-state index < -0.39 is 12.1 Å². The Kier molecular flexibility index (Phi) is 4.60. The van der Waals surface area contributed by atoms with E-state index in [-0.39, 0.29) is 11.8 Å². The van der Waals surface area contributed by atoms with Gasteiger partial charge in [0.05, 0.1) is 6.54 Å². The predicted molar refractivity (Wildman–Crippen MR) is 81.2 cm³/mol. The fraction of sp³-hybridized carbons (Fsp3) is 0.333. The van der Waals surface area contributed by atoms with Crippen LogP contribution in [0.4, 0.5) is 0 Å². The first-order valence-electron chi connectivity index (χ1n) is 6.53. The molecule has 2 rings (SSSR count). The topological polar surface area (TPSA) is 49.4 Å². The third kappa shape index (κ3) is 2.93. The molecule has 0 aromatic heterocycles. The number of nitrogens with one attached hydrogen (secondary N) is 1. The van der Waals surface area contributed by atoms with Crippen molar-refractivity contribution in [3.8, 4) is 0 Å². The molecule has 1 aliphatic heterocycles. The summed E-state index contributed by atoms with van der Waals surface area (Å²) < 4.78 is 0.686. The van der Waals surface area contributed by atoms with Crippen molar-refractivity contribution in [2.24, 2.45) is 0 Å². The number of hydrogen-bond acceptors (Lipinski definition) is 2. The number of carbonyl (C=O) groups is 2. The Balaban J connectivity index is 2.31. The summed E-state index contributed by atoms with van der Waals surface area (Å²) in [5.41, 5.74) is 0.797. The minimum Gasteiger partial charge on any atom is -0.339 e. The Bertz CT molecular complexity index is 530. The van der Waals surface area contributed by atoms with E-state index in [1.54, 1.807) is 4.90 Å². The fourth-order valence-electron chi connectivity index (χ4n) is 2.41. The summed E-state index contributed by atoms with van der Waals surface area (Å²) in [4.78, 5) is 26.4. The molecule has 0 radical (unpaired) electrons. The minimum atomic E-state index is -0.613. The van der Waals surface area contributed by atoms with Crippen molar-refractivity contribution < 1.29 is 9.59 Å². The molecule has 1 aliphatic rings. The maximum atomic E-state index is 12.6. The summed E-state index contributed by atoms with van der Waals surface area (Å²) in [6.45, 7) is 6.00. The van der Waals surface area contributed by atoms with Gasteiger partial charge in [-0.2, -0.15) is 0 Å². The van der Waals surface area contributed by atoms with Gasteiger partial charge in [0.15, 0.2) is 0 Å². The van der Waals surface area contributed by atoms with Gasteiger partial charge in [0.1, 0.15) is 12.1 Å². The summed E-state index contributed by atoms with van der Waals surface area (Å²) in [6.07, 6.45) is 0.583. The van der Waals surface area contributed by atoms with Gasteiger partial charge in [-0.1, -0.05) is 59.8 Å². The largest absolute Gasteiger partial charge is 0.339 e. The molecular formula is C15H17BrN2O2. The highest BCUT2D eigenvalue weighted by molar-refractivity contribution is 9.11. The first-order chi connectivity index (χ1) is 9.54. The van der Waals surface area contributed by atoms with Crippen molar-refractivity contribution >= 4 is 27.7 Å². The summed E-state index contributed by atoms with van der Waals surface area (Å²) in [5, 5.41) is 2.81. The standard InChI is InChI=1S/C15H17BrN2O2/c1-3-12-14(19)17-13(11-7-5-4-6-8-11)15(20)18(12)9-10(2)16/h4-8,12-13H,2-3,9H2,1H3,(H,17,19). The maximum Gasteiger partial charge on any atom is 0.250 e. The van der Waals surface area contributed by atoms with Gasteiger partial charge in [-0.3, -0.25) is 9.59 Å². The second-order valence-corrected chi connectivity index (χ2v) is 5.88. The number of rotatable bonds is 4. The Labute approximate surface area is 127 Å². The zero-order chi connectivity index (χ0) is 14.7. The van der Waals surface area contributed by atoms with E-state index in [0.717, 1.165) is 5.56 Å². The average molecular weight is 337 g/mol. The highest BCUT2D eigenvalue weighted by Gasteiger charge is 2.40. The van der Waals surface area contributed by atoms with E-state index >= 15 is 0 Å². The average Bonchev–Trinajstić information content (AvgIpc) is 2.43. The first kappa shape index (κ1) is 14.8. The van der Waals surface area contributed by atoms with Crippen molar-refractivity contribution in [3.05, 3.63) is 47.0 Å². The number of amides is 2. The second-order valence-electron chi connectivity index (χ2n) is 4.76. The quantitative estimate of drug-likeness (QED) is 0.917. The number of nitrogens with zero attached hydrogens (tertiary/aromatic N) is 1. The molecule has 0 aliphatic carbocycles. The van der Waals surface area contributed by atoms with Gasteiger partial charge in [-0.15, -0.1) is 0 Å². The third-order valence-corrected chi connectivity index (χ3v) is 3.61. The lowest BCUT2D eigenvalue weighted by molar-refractivity contribution is -0.149. The van der Waals surface area contributed by atoms with E-state index in [9.17, 15) is 9.59 Å². The molecule has 20 heavy (non-hydrogen) atoms. The molecule has 1 saturated heterocycles. The van der Waals surface area contributed by atoms with Gasteiger partial charge in [0, 0.05) is 4.48 Å². The van der Waals surface area contributed by atoms with Crippen molar-refractivity contribution in [2.45, 2.75) is 25.4 Å². The minimum absolute atomic E-state index is 0.0942. The highest BCUT2D eigenvalue weighted by Crippen LogP contribution is 2.24. The summed E-state index contributed by atoms with van der Waals surface area (Å²) >= 11 is 3.27. The smallest absolute Gasteiger partial charge is 0.250 e. The van der Waals surface area contributed by atoms with E-state index in [2.05, 4.69) is 27.8 Å². The Morgan fingerprint density at radius 3 is 2.55 bits per heavy atom. The van der Waals surface area contributed by atoms with Gasteiger partial charge >= 0.3 is 0 Å². The molecule has 1 fully saturated rings. The van der Waals surface area contributed by atoms with Crippen molar-refractivity contribution in [3.63, 3.8) is 0 Å². The molecule has 2 unspecified atom stereocenters. The molecule has 1 aromatic rings. The van der Waals surface area contributed by atoms with Crippen LogP contribution in [0.2, 0.25) is 0 Å². The van der Waals surface area contributed by atoms with Gasteiger partial charge in [0.2, 0.25) is 5.91 Å². The van der Waals surface area contributed by atoms with E-state index in [1.807, 2.05) is 37.3 Å². The number of hydrogen-bond donors (Lipinski definition) is 1. The summed E-state index contributed by atoms with van der Waals surface area (Å²) in [6, 6.07) is 8.23. The normalized spacial score (nSPS) is 22.6. The predicted octanol–water partition coefficient (Wildman–Crippen LogP) is 2.37. The molecule has 0 spiro atoms. The summed E-state index contributed by atoms with van der Waals surface area (Å²) in [7, 11) is 0. The maximum absolute atomic E-state index is 12.6. The molecule has 2 amide bonds. The van der Waals surface area contributed by atoms with E-state index in [4.69, 9.17) is 0 Å². The summed E-state index contributed by atoms with van der Waals surface area (Å²) in [5.74, 6) is -0.210. The third-order valence-electron chi connectivity index (χ3n) is 3.36. The van der Waals surface area contributed by atoms with Gasteiger partial charge in [-0.25, -0.2) is 0 Å². The molecule has 4 nitrogen and oxygen atoms in total. The van der Waals surface area contributed by atoms with Gasteiger partial charge < -0.3 is 10.2 Å². The molecule has 5 heteroatoms. The lowest BCUT2D eigenvalue weighted by atomic mass is 9.99. The lowest BCUT2D eigenvalue weighted by Crippen LogP contribution is -2.59. The van der Waals surface area contributed by atoms with E-state index in [1.165, 1.54) is 0 Å².